The highest BCUT2D eigenvalue weighted by Crippen LogP contribution is 2.34. The predicted molar refractivity (Wildman–Crippen MR) is 94.6 cm³/mol. The first-order chi connectivity index (χ1) is 11.2. The van der Waals surface area contributed by atoms with E-state index >= 15 is 0 Å². The van der Waals surface area contributed by atoms with E-state index in [1.807, 2.05) is 29.2 Å². The van der Waals surface area contributed by atoms with E-state index in [1.165, 1.54) is 12.8 Å². The lowest BCUT2D eigenvalue weighted by atomic mass is 10.2. The molecule has 1 saturated carbocycles. The summed E-state index contributed by atoms with van der Waals surface area (Å²) in [6.45, 7) is 4.70. The fraction of sp³-hybridized carbons (Fsp3) is 0.500. The Kier molecular flexibility index (Phi) is 4.13. The number of para-hydroxylation sites is 1. The van der Waals surface area contributed by atoms with E-state index in [0.717, 1.165) is 48.3 Å². The van der Waals surface area contributed by atoms with Gasteiger partial charge in [-0.15, -0.1) is 0 Å². The Hall–Kier alpha value is -1.37. The van der Waals surface area contributed by atoms with E-state index in [4.69, 9.17) is 23.8 Å². The molecule has 1 aromatic carbocycles. The molecule has 4 rings (SSSR count). The van der Waals surface area contributed by atoms with Crippen LogP contribution in [0, 0.1) is 4.77 Å². The van der Waals surface area contributed by atoms with Gasteiger partial charge in [-0.3, -0.25) is 4.90 Å². The molecule has 5 nitrogen and oxygen atoms in total. The second-order valence-corrected chi connectivity index (χ2v) is 7.02. The lowest BCUT2D eigenvalue weighted by Gasteiger charge is -2.36. The minimum absolute atomic E-state index is 0.591. The van der Waals surface area contributed by atoms with E-state index in [0.29, 0.717) is 6.04 Å². The highest BCUT2D eigenvalue weighted by molar-refractivity contribution is 7.71. The normalized spacial score (nSPS) is 19.3. The largest absolute Gasteiger partial charge is 0.368 e. The van der Waals surface area contributed by atoms with Crippen molar-refractivity contribution in [1.29, 1.82) is 0 Å². The molecule has 1 aromatic heterocycles. The molecule has 2 aromatic rings. The highest BCUT2D eigenvalue weighted by Gasteiger charge is 2.25. The Morgan fingerprint density at radius 1 is 1.13 bits per heavy atom. The van der Waals surface area contributed by atoms with Gasteiger partial charge in [0, 0.05) is 32.2 Å². The Morgan fingerprint density at radius 2 is 1.87 bits per heavy atom. The van der Waals surface area contributed by atoms with Crippen molar-refractivity contribution in [1.82, 2.24) is 19.2 Å². The third kappa shape index (κ3) is 3.16. The van der Waals surface area contributed by atoms with Gasteiger partial charge in [-0.05, 0) is 37.2 Å². The summed E-state index contributed by atoms with van der Waals surface area (Å²) in [5.41, 5.74) is 1.13. The molecule has 122 valence electrons. The predicted octanol–water partition coefficient (Wildman–Crippen LogP) is 3.18. The van der Waals surface area contributed by atoms with Crippen LogP contribution in [0.15, 0.2) is 30.6 Å². The monoisotopic (exact) mass is 349 g/mol. The molecule has 0 bridgehead atoms. The molecule has 7 heteroatoms. The van der Waals surface area contributed by atoms with Gasteiger partial charge in [0.2, 0.25) is 0 Å². The number of aromatic nitrogens is 3. The quantitative estimate of drug-likeness (QED) is 0.793. The Morgan fingerprint density at radius 3 is 2.57 bits per heavy atom. The molecule has 0 radical (unpaired) electrons. The van der Waals surface area contributed by atoms with Crippen LogP contribution in [-0.2, 0) is 6.67 Å². The fourth-order valence-electron chi connectivity index (χ4n) is 3.08. The molecule has 0 N–H and O–H groups in total. The molecule has 2 fully saturated rings. The molecule has 2 heterocycles. The van der Waals surface area contributed by atoms with Gasteiger partial charge in [0.1, 0.15) is 6.33 Å². The van der Waals surface area contributed by atoms with Crippen molar-refractivity contribution in [2.75, 3.05) is 31.1 Å². The summed E-state index contributed by atoms with van der Waals surface area (Å²) in [6, 6.07) is 8.64. The van der Waals surface area contributed by atoms with Crippen molar-refractivity contribution in [3.8, 4) is 0 Å². The van der Waals surface area contributed by atoms with Crippen LogP contribution in [-0.4, -0.2) is 45.4 Å². The molecule has 0 unspecified atom stereocenters. The highest BCUT2D eigenvalue weighted by atomic mass is 35.5. The number of rotatable bonds is 4. The molecular weight excluding hydrogens is 330 g/mol. The smallest absolute Gasteiger partial charge is 0.199 e. The Balaban J connectivity index is 1.38. The summed E-state index contributed by atoms with van der Waals surface area (Å²) in [6.07, 6.45) is 4.35. The lowest BCUT2D eigenvalue weighted by molar-refractivity contribution is 0.194. The maximum Gasteiger partial charge on any atom is 0.199 e. The third-order valence-electron chi connectivity index (χ3n) is 4.60. The summed E-state index contributed by atoms with van der Waals surface area (Å²) < 4.78 is 4.93. The zero-order chi connectivity index (χ0) is 15.8. The second kappa shape index (κ2) is 6.26. The van der Waals surface area contributed by atoms with Crippen LogP contribution in [0.1, 0.15) is 18.9 Å². The zero-order valence-corrected chi connectivity index (χ0v) is 14.5. The maximum atomic E-state index is 6.30. The molecule has 0 spiro atoms. The molecule has 0 atom stereocenters. The number of halogens is 1. The summed E-state index contributed by atoms with van der Waals surface area (Å²) in [4.78, 5) is 4.74. The fourth-order valence-corrected chi connectivity index (χ4v) is 3.63. The topological polar surface area (TPSA) is 29.2 Å². The maximum absolute atomic E-state index is 6.30. The van der Waals surface area contributed by atoms with Crippen molar-refractivity contribution in [2.24, 2.45) is 0 Å². The van der Waals surface area contributed by atoms with Crippen molar-refractivity contribution in [3.63, 3.8) is 0 Å². The van der Waals surface area contributed by atoms with Gasteiger partial charge in [0.25, 0.3) is 0 Å². The average Bonchev–Trinajstić information content (AvgIpc) is 3.34. The van der Waals surface area contributed by atoms with E-state index in [1.54, 1.807) is 0 Å². The second-order valence-electron chi connectivity index (χ2n) is 6.25. The summed E-state index contributed by atoms with van der Waals surface area (Å²) >= 11 is 11.8. The first kappa shape index (κ1) is 15.2. The first-order valence-electron chi connectivity index (χ1n) is 8.08. The van der Waals surface area contributed by atoms with E-state index < -0.39 is 0 Å². The number of hydrogen-bond acceptors (Lipinski definition) is 4. The van der Waals surface area contributed by atoms with Gasteiger partial charge in [-0.25, -0.2) is 4.68 Å². The summed E-state index contributed by atoms with van der Waals surface area (Å²) in [7, 11) is 0. The number of hydrogen-bond donors (Lipinski definition) is 0. The van der Waals surface area contributed by atoms with Crippen molar-refractivity contribution in [3.05, 3.63) is 40.4 Å². The summed E-state index contributed by atoms with van der Waals surface area (Å²) in [5.74, 6) is 0. The lowest BCUT2D eigenvalue weighted by Crippen LogP contribution is -2.47. The standard InChI is InChI=1S/C16H20ClN5S/c17-14-3-1-2-4-15(14)20-9-7-19(8-10-20)12-22-16(23)21(11-18-22)13-5-6-13/h1-4,11,13H,5-10,12H2. The zero-order valence-electron chi connectivity index (χ0n) is 12.9. The van der Waals surface area contributed by atoms with E-state index in [9.17, 15) is 0 Å². The Labute approximate surface area is 146 Å². The van der Waals surface area contributed by atoms with Gasteiger partial charge in [0.05, 0.1) is 17.4 Å². The van der Waals surface area contributed by atoms with E-state index in [-0.39, 0.29) is 0 Å². The molecule has 1 aliphatic carbocycles. The summed E-state index contributed by atoms with van der Waals surface area (Å²) in [5, 5.41) is 5.29. The van der Waals surface area contributed by atoms with Gasteiger partial charge in [-0.2, -0.15) is 5.10 Å². The molecule has 1 saturated heterocycles. The van der Waals surface area contributed by atoms with Crippen LogP contribution >= 0.6 is 23.8 Å². The van der Waals surface area contributed by atoms with Crippen molar-refractivity contribution in [2.45, 2.75) is 25.6 Å². The number of nitrogens with zero attached hydrogens (tertiary/aromatic N) is 5. The van der Waals surface area contributed by atoms with E-state index in [2.05, 4.69) is 25.5 Å². The van der Waals surface area contributed by atoms with Crippen molar-refractivity contribution < 1.29 is 0 Å². The molecule has 23 heavy (non-hydrogen) atoms. The van der Waals surface area contributed by atoms with Crippen molar-refractivity contribution >= 4 is 29.5 Å². The van der Waals surface area contributed by atoms with Crippen LogP contribution in [0.25, 0.3) is 0 Å². The van der Waals surface area contributed by atoms with Crippen LogP contribution in [0.4, 0.5) is 5.69 Å². The van der Waals surface area contributed by atoms with Gasteiger partial charge in [0.15, 0.2) is 4.77 Å². The minimum atomic E-state index is 0.591. The number of benzene rings is 1. The van der Waals surface area contributed by atoms with Crippen LogP contribution in [0.2, 0.25) is 5.02 Å². The number of piperazine rings is 1. The SMILES string of the molecule is S=c1n(C2CC2)cnn1CN1CCN(c2ccccc2Cl)CC1. The van der Waals surface area contributed by atoms with Gasteiger partial charge >= 0.3 is 0 Å². The minimum Gasteiger partial charge on any atom is -0.368 e. The van der Waals surface area contributed by atoms with Crippen LogP contribution in [0.3, 0.4) is 0 Å². The first-order valence-corrected chi connectivity index (χ1v) is 8.87. The molecular formula is C16H20ClN5S. The number of anilines is 1. The molecule has 2 aliphatic rings. The molecule has 0 amide bonds. The van der Waals surface area contributed by atoms with Gasteiger partial charge < -0.3 is 9.47 Å². The Bertz CT molecular complexity index is 743. The average molecular weight is 350 g/mol. The van der Waals surface area contributed by atoms with Crippen LogP contribution < -0.4 is 4.90 Å². The van der Waals surface area contributed by atoms with Crippen LogP contribution in [0.5, 0.6) is 0 Å². The van der Waals surface area contributed by atoms with Gasteiger partial charge in [-0.1, -0.05) is 23.7 Å². The third-order valence-corrected chi connectivity index (χ3v) is 5.34. The molecule has 1 aliphatic heterocycles.